The van der Waals surface area contributed by atoms with Crippen LogP contribution >= 0.6 is 11.6 Å². The molecule has 0 aliphatic carbocycles. The number of nitrogens with one attached hydrogen (secondary N) is 1. The molecule has 5 nitrogen and oxygen atoms in total. The third-order valence-electron chi connectivity index (χ3n) is 3.86. The quantitative estimate of drug-likeness (QED) is 0.946. The predicted molar refractivity (Wildman–Crippen MR) is 84.6 cm³/mol. The first kappa shape index (κ1) is 15.1. The third kappa shape index (κ3) is 2.87. The van der Waals surface area contributed by atoms with E-state index in [0.717, 1.165) is 19.4 Å². The molecule has 1 saturated heterocycles. The van der Waals surface area contributed by atoms with Crippen LogP contribution in [0.1, 0.15) is 34.9 Å². The van der Waals surface area contributed by atoms with Gasteiger partial charge < -0.3 is 10.1 Å². The van der Waals surface area contributed by atoms with Gasteiger partial charge in [0.05, 0.1) is 17.2 Å². The molecule has 0 bridgehead atoms. The molecule has 1 unspecified atom stereocenters. The highest BCUT2D eigenvalue weighted by Crippen LogP contribution is 2.25. The molecule has 116 valence electrons. The number of fused-ring (bicyclic) bond motifs is 1. The standard InChI is InChI=1S/C16H17ClN2O3/c1-10(20)19-9-14(13-7-11(17)4-5-15(13)19)16(21)18-8-12-3-2-6-22-12/h4-5,7,9,12H,2-3,6,8H2,1H3,(H,18,21). The first-order chi connectivity index (χ1) is 10.6. The molecule has 0 spiro atoms. The number of carbonyl (C=O) groups is 2. The number of benzene rings is 1. The van der Waals surface area contributed by atoms with Crippen molar-refractivity contribution >= 4 is 34.3 Å². The lowest BCUT2D eigenvalue weighted by molar-refractivity contribution is 0.0859. The first-order valence-corrected chi connectivity index (χ1v) is 7.65. The van der Waals surface area contributed by atoms with Crippen LogP contribution in [0, 0.1) is 0 Å². The summed E-state index contributed by atoms with van der Waals surface area (Å²) in [6.07, 6.45) is 3.63. The monoisotopic (exact) mass is 320 g/mol. The third-order valence-corrected chi connectivity index (χ3v) is 4.10. The molecule has 1 aromatic heterocycles. The smallest absolute Gasteiger partial charge is 0.253 e. The van der Waals surface area contributed by atoms with Gasteiger partial charge >= 0.3 is 0 Å². The molecule has 2 aromatic rings. The second-order valence-electron chi connectivity index (χ2n) is 5.44. The summed E-state index contributed by atoms with van der Waals surface area (Å²) in [6.45, 7) is 2.69. The van der Waals surface area contributed by atoms with Crippen LogP contribution in [0.3, 0.4) is 0 Å². The Balaban J connectivity index is 1.89. The van der Waals surface area contributed by atoms with E-state index in [9.17, 15) is 9.59 Å². The fourth-order valence-electron chi connectivity index (χ4n) is 2.75. The maximum Gasteiger partial charge on any atom is 0.253 e. The first-order valence-electron chi connectivity index (χ1n) is 7.27. The molecule has 1 N–H and O–H groups in total. The van der Waals surface area contributed by atoms with Gasteiger partial charge in [-0.25, -0.2) is 0 Å². The van der Waals surface area contributed by atoms with Gasteiger partial charge in [0.2, 0.25) is 5.91 Å². The fourth-order valence-corrected chi connectivity index (χ4v) is 2.92. The largest absolute Gasteiger partial charge is 0.376 e. The van der Waals surface area contributed by atoms with Crippen molar-refractivity contribution < 1.29 is 14.3 Å². The molecule has 3 rings (SSSR count). The van der Waals surface area contributed by atoms with Crippen molar-refractivity contribution in [3.8, 4) is 0 Å². The normalized spacial score (nSPS) is 17.8. The van der Waals surface area contributed by atoms with Gasteiger partial charge in [-0.05, 0) is 31.0 Å². The Hall–Kier alpha value is -1.85. The van der Waals surface area contributed by atoms with Crippen molar-refractivity contribution in [1.82, 2.24) is 9.88 Å². The second kappa shape index (κ2) is 6.10. The van der Waals surface area contributed by atoms with Crippen molar-refractivity contribution in [3.05, 3.63) is 35.0 Å². The molecule has 6 heteroatoms. The maximum absolute atomic E-state index is 12.4. The van der Waals surface area contributed by atoms with E-state index in [1.54, 1.807) is 24.4 Å². The van der Waals surface area contributed by atoms with Gasteiger partial charge in [-0.2, -0.15) is 0 Å². The van der Waals surface area contributed by atoms with Crippen molar-refractivity contribution in [3.63, 3.8) is 0 Å². The number of hydrogen-bond donors (Lipinski definition) is 1. The number of amides is 1. The number of nitrogens with zero attached hydrogens (tertiary/aromatic N) is 1. The van der Waals surface area contributed by atoms with Crippen molar-refractivity contribution in [2.75, 3.05) is 13.2 Å². The Morgan fingerprint density at radius 2 is 2.27 bits per heavy atom. The molecular formula is C16H17ClN2O3. The zero-order valence-corrected chi connectivity index (χ0v) is 13.0. The van der Waals surface area contributed by atoms with Crippen LogP contribution in [0.25, 0.3) is 10.9 Å². The Morgan fingerprint density at radius 3 is 2.95 bits per heavy atom. The highest BCUT2D eigenvalue weighted by Gasteiger charge is 2.20. The number of rotatable bonds is 3. The van der Waals surface area contributed by atoms with E-state index in [1.807, 2.05) is 0 Å². The topological polar surface area (TPSA) is 60.3 Å². The Kier molecular flexibility index (Phi) is 4.18. The molecule has 0 radical (unpaired) electrons. The Morgan fingerprint density at radius 1 is 1.45 bits per heavy atom. The lowest BCUT2D eigenvalue weighted by Gasteiger charge is -2.10. The minimum absolute atomic E-state index is 0.0775. The van der Waals surface area contributed by atoms with E-state index in [-0.39, 0.29) is 17.9 Å². The molecule has 1 atom stereocenters. The summed E-state index contributed by atoms with van der Waals surface area (Å²) in [5.41, 5.74) is 1.13. The highest BCUT2D eigenvalue weighted by molar-refractivity contribution is 6.31. The minimum atomic E-state index is -0.220. The number of hydrogen-bond acceptors (Lipinski definition) is 3. The van der Waals surface area contributed by atoms with E-state index in [2.05, 4.69) is 5.32 Å². The van der Waals surface area contributed by atoms with E-state index < -0.39 is 0 Å². The van der Waals surface area contributed by atoms with Crippen LogP contribution in [-0.2, 0) is 4.74 Å². The molecule has 0 saturated carbocycles. The fraction of sp³-hybridized carbons (Fsp3) is 0.375. The van der Waals surface area contributed by atoms with Gasteiger partial charge in [-0.3, -0.25) is 14.2 Å². The van der Waals surface area contributed by atoms with Crippen LogP contribution in [0.2, 0.25) is 5.02 Å². The van der Waals surface area contributed by atoms with Crippen molar-refractivity contribution in [2.45, 2.75) is 25.9 Å². The van der Waals surface area contributed by atoms with Crippen molar-refractivity contribution in [1.29, 1.82) is 0 Å². The SMILES string of the molecule is CC(=O)n1cc(C(=O)NCC2CCCO2)c2cc(Cl)ccc21. The molecular weight excluding hydrogens is 304 g/mol. The van der Waals surface area contributed by atoms with Crippen LogP contribution < -0.4 is 5.32 Å². The van der Waals surface area contributed by atoms with E-state index in [4.69, 9.17) is 16.3 Å². The minimum Gasteiger partial charge on any atom is -0.376 e. The van der Waals surface area contributed by atoms with Gasteiger partial charge in [-0.1, -0.05) is 11.6 Å². The van der Waals surface area contributed by atoms with E-state index >= 15 is 0 Å². The average molecular weight is 321 g/mol. The van der Waals surface area contributed by atoms with Gasteiger partial charge in [-0.15, -0.1) is 0 Å². The van der Waals surface area contributed by atoms with Crippen LogP contribution in [-0.4, -0.2) is 35.6 Å². The predicted octanol–water partition coefficient (Wildman–Crippen LogP) is 2.86. The molecule has 1 fully saturated rings. The summed E-state index contributed by atoms with van der Waals surface area (Å²) in [4.78, 5) is 24.2. The number of ether oxygens (including phenoxy) is 1. The van der Waals surface area contributed by atoms with Crippen LogP contribution in [0.5, 0.6) is 0 Å². The summed E-state index contributed by atoms with van der Waals surface area (Å²) in [6, 6.07) is 5.16. The molecule has 22 heavy (non-hydrogen) atoms. The Bertz CT molecular complexity index is 732. The summed E-state index contributed by atoms with van der Waals surface area (Å²) in [5, 5.41) is 4.08. The van der Waals surface area contributed by atoms with Crippen molar-refractivity contribution in [2.24, 2.45) is 0 Å². The summed E-state index contributed by atoms with van der Waals surface area (Å²) in [7, 11) is 0. The van der Waals surface area contributed by atoms with Gasteiger partial charge in [0.1, 0.15) is 0 Å². The lowest BCUT2D eigenvalue weighted by atomic mass is 10.1. The molecule has 1 aliphatic rings. The Labute approximate surface area is 133 Å². The zero-order chi connectivity index (χ0) is 15.7. The molecule has 2 heterocycles. The summed E-state index contributed by atoms with van der Waals surface area (Å²) in [5.74, 6) is -0.367. The molecule has 1 amide bonds. The lowest BCUT2D eigenvalue weighted by Crippen LogP contribution is -2.31. The highest BCUT2D eigenvalue weighted by atomic mass is 35.5. The van der Waals surface area contributed by atoms with Gasteiger partial charge in [0.25, 0.3) is 5.91 Å². The van der Waals surface area contributed by atoms with E-state index in [1.165, 1.54) is 11.5 Å². The van der Waals surface area contributed by atoms with Crippen LogP contribution in [0.15, 0.2) is 24.4 Å². The molecule has 1 aromatic carbocycles. The van der Waals surface area contributed by atoms with Gasteiger partial charge in [0, 0.05) is 36.7 Å². The zero-order valence-electron chi connectivity index (χ0n) is 12.3. The number of aromatic nitrogens is 1. The van der Waals surface area contributed by atoms with Gasteiger partial charge in [0.15, 0.2) is 0 Å². The maximum atomic E-state index is 12.4. The molecule has 1 aliphatic heterocycles. The number of carbonyl (C=O) groups excluding carboxylic acids is 2. The van der Waals surface area contributed by atoms with E-state index in [0.29, 0.717) is 28.0 Å². The second-order valence-corrected chi connectivity index (χ2v) is 5.87. The summed E-state index contributed by atoms with van der Waals surface area (Å²) < 4.78 is 6.96. The average Bonchev–Trinajstić information content (AvgIpc) is 3.11. The number of halogens is 1. The van der Waals surface area contributed by atoms with Crippen LogP contribution in [0.4, 0.5) is 0 Å². The summed E-state index contributed by atoms with van der Waals surface area (Å²) >= 11 is 6.02.